The number of alkyl halides is 3. The van der Waals surface area contributed by atoms with Gasteiger partial charge in [-0.25, -0.2) is 0 Å². The smallest absolute Gasteiger partial charge is 0.416 e. The van der Waals surface area contributed by atoms with E-state index in [-0.39, 0.29) is 24.4 Å². The van der Waals surface area contributed by atoms with Crippen molar-refractivity contribution in [1.29, 1.82) is 0 Å². The Bertz CT molecular complexity index is 1210. The summed E-state index contributed by atoms with van der Waals surface area (Å²) in [5.41, 5.74) is 2.88. The molecule has 1 heterocycles. The minimum absolute atomic E-state index is 0.198. The van der Waals surface area contributed by atoms with Crippen molar-refractivity contribution in [2.75, 3.05) is 19.7 Å². The Labute approximate surface area is 216 Å². The van der Waals surface area contributed by atoms with E-state index in [1.54, 1.807) is 6.07 Å². The number of nitrogens with zero attached hydrogens (tertiary/aromatic N) is 1. The molecule has 0 fully saturated rings. The Morgan fingerprint density at radius 2 is 1.68 bits per heavy atom. The molecule has 7 heteroatoms. The minimum Gasteiger partial charge on any atom is -0.494 e. The van der Waals surface area contributed by atoms with Gasteiger partial charge in [-0.2, -0.15) is 13.2 Å². The lowest BCUT2D eigenvalue weighted by Gasteiger charge is -2.33. The third-order valence-corrected chi connectivity index (χ3v) is 6.62. The maximum Gasteiger partial charge on any atom is 0.416 e. The molecular weight excluding hydrogens is 479 g/mol. The van der Waals surface area contributed by atoms with E-state index in [0.717, 1.165) is 17.2 Å². The molecule has 0 atom stereocenters. The normalized spacial score (nSPS) is 13.8. The molecule has 1 aliphatic rings. The van der Waals surface area contributed by atoms with E-state index in [2.05, 4.69) is 30.9 Å². The quantitative estimate of drug-likeness (QED) is 0.228. The van der Waals surface area contributed by atoms with Crippen molar-refractivity contribution in [1.82, 2.24) is 4.90 Å². The highest BCUT2D eigenvalue weighted by Gasteiger charge is 2.31. The molecule has 4 nitrogen and oxygen atoms in total. The van der Waals surface area contributed by atoms with Crippen LogP contribution in [0.1, 0.15) is 48.1 Å². The van der Waals surface area contributed by atoms with Crippen LogP contribution in [-0.4, -0.2) is 30.6 Å². The van der Waals surface area contributed by atoms with Gasteiger partial charge in [0.05, 0.1) is 18.6 Å². The number of hydrogen-bond acceptors (Lipinski definition) is 4. The maximum atomic E-state index is 13.3. The zero-order chi connectivity index (χ0) is 26.5. The monoisotopic (exact) mass is 511 g/mol. The summed E-state index contributed by atoms with van der Waals surface area (Å²) >= 11 is 0. The van der Waals surface area contributed by atoms with Gasteiger partial charge in [0.25, 0.3) is 0 Å². The standard InChI is InChI=1S/C30H32F3NO3/c1-29(2,25-9-4-3-5-10-25)21-34(19-22-8-6-11-26(16-22)30(31,32)33)14-7-15-36-27-13-12-23-20-37-28(35)18-24(23)17-27/h3-6,8-13,16-17H,7,14-15,18-21H2,1-2H3. The Balaban J connectivity index is 1.42. The second-order valence-corrected chi connectivity index (χ2v) is 10.1. The maximum absolute atomic E-state index is 13.3. The average molecular weight is 512 g/mol. The van der Waals surface area contributed by atoms with Crippen molar-refractivity contribution < 1.29 is 27.4 Å². The molecule has 37 heavy (non-hydrogen) atoms. The molecule has 0 radical (unpaired) electrons. The van der Waals surface area contributed by atoms with Gasteiger partial charge in [0.2, 0.25) is 0 Å². The molecule has 0 unspecified atom stereocenters. The number of carbonyl (C=O) groups excluding carboxylic acids is 1. The second-order valence-electron chi connectivity index (χ2n) is 10.1. The third kappa shape index (κ3) is 7.35. The van der Waals surface area contributed by atoms with Crippen LogP contribution in [0, 0.1) is 0 Å². The first kappa shape index (κ1) is 26.7. The van der Waals surface area contributed by atoms with Gasteiger partial charge in [0, 0.05) is 25.0 Å². The number of rotatable bonds is 10. The average Bonchev–Trinajstić information content (AvgIpc) is 2.86. The van der Waals surface area contributed by atoms with E-state index in [9.17, 15) is 18.0 Å². The van der Waals surface area contributed by atoms with E-state index in [1.165, 1.54) is 17.7 Å². The fourth-order valence-electron chi connectivity index (χ4n) is 4.70. The molecule has 3 aromatic rings. The van der Waals surface area contributed by atoms with Crippen molar-refractivity contribution in [2.24, 2.45) is 0 Å². The molecule has 0 spiro atoms. The molecule has 1 aliphatic heterocycles. The predicted molar refractivity (Wildman–Crippen MR) is 136 cm³/mol. The molecule has 0 saturated heterocycles. The largest absolute Gasteiger partial charge is 0.494 e. The lowest BCUT2D eigenvalue weighted by molar-refractivity contribution is -0.145. The Morgan fingerprint density at radius 1 is 0.919 bits per heavy atom. The van der Waals surface area contributed by atoms with E-state index in [4.69, 9.17) is 9.47 Å². The fraction of sp³-hybridized carbons (Fsp3) is 0.367. The summed E-state index contributed by atoms with van der Waals surface area (Å²) in [6.45, 7) is 6.77. The summed E-state index contributed by atoms with van der Waals surface area (Å²) in [4.78, 5) is 13.8. The van der Waals surface area contributed by atoms with Crippen molar-refractivity contribution in [3.63, 3.8) is 0 Å². The molecule has 3 aromatic carbocycles. The van der Waals surface area contributed by atoms with E-state index in [0.29, 0.717) is 44.0 Å². The molecule has 0 saturated carbocycles. The first-order chi connectivity index (χ1) is 17.6. The highest BCUT2D eigenvalue weighted by Crippen LogP contribution is 2.31. The van der Waals surface area contributed by atoms with E-state index >= 15 is 0 Å². The van der Waals surface area contributed by atoms with Crippen LogP contribution in [0.4, 0.5) is 13.2 Å². The van der Waals surface area contributed by atoms with Gasteiger partial charge in [-0.05, 0) is 46.9 Å². The van der Waals surface area contributed by atoms with Crippen LogP contribution in [0.3, 0.4) is 0 Å². The summed E-state index contributed by atoms with van der Waals surface area (Å²) in [5, 5.41) is 0. The SMILES string of the molecule is CC(C)(CN(CCCOc1ccc2c(c1)CC(=O)OC2)Cc1cccc(C(F)(F)F)c1)c1ccccc1. The highest BCUT2D eigenvalue weighted by atomic mass is 19.4. The molecule has 0 amide bonds. The summed E-state index contributed by atoms with van der Waals surface area (Å²) in [7, 11) is 0. The van der Waals surface area contributed by atoms with E-state index in [1.807, 2.05) is 36.4 Å². The van der Waals surface area contributed by atoms with E-state index < -0.39 is 11.7 Å². The molecule has 0 bridgehead atoms. The summed E-state index contributed by atoms with van der Waals surface area (Å²) < 4.78 is 50.9. The van der Waals surface area contributed by atoms with Gasteiger partial charge < -0.3 is 9.47 Å². The first-order valence-electron chi connectivity index (χ1n) is 12.4. The van der Waals surface area contributed by atoms with Crippen LogP contribution in [0.5, 0.6) is 5.75 Å². The lowest BCUT2D eigenvalue weighted by Crippen LogP contribution is -2.37. The van der Waals surface area contributed by atoms with Crippen molar-refractivity contribution >= 4 is 5.97 Å². The molecule has 4 rings (SSSR count). The molecular formula is C30H32F3NO3. The van der Waals surface area contributed by atoms with Crippen LogP contribution in [0.2, 0.25) is 0 Å². The van der Waals surface area contributed by atoms with Gasteiger partial charge >= 0.3 is 12.1 Å². The number of esters is 1. The van der Waals surface area contributed by atoms with Crippen molar-refractivity contribution in [3.05, 3.63) is 101 Å². The summed E-state index contributed by atoms with van der Waals surface area (Å²) in [5.74, 6) is 0.457. The fourth-order valence-corrected chi connectivity index (χ4v) is 4.70. The first-order valence-corrected chi connectivity index (χ1v) is 12.4. The Hall–Kier alpha value is -3.32. The zero-order valence-corrected chi connectivity index (χ0v) is 21.2. The highest BCUT2D eigenvalue weighted by molar-refractivity contribution is 5.74. The number of halogens is 3. The van der Waals surface area contributed by atoms with Crippen LogP contribution in [0.25, 0.3) is 0 Å². The van der Waals surface area contributed by atoms with Gasteiger partial charge in [-0.1, -0.05) is 68.4 Å². The Kier molecular flexibility index (Phi) is 8.22. The topological polar surface area (TPSA) is 38.8 Å². The molecule has 0 aromatic heterocycles. The summed E-state index contributed by atoms with van der Waals surface area (Å²) in [6.07, 6.45) is -3.43. The Morgan fingerprint density at radius 3 is 2.43 bits per heavy atom. The summed E-state index contributed by atoms with van der Waals surface area (Å²) in [6, 6.07) is 21.4. The van der Waals surface area contributed by atoms with Gasteiger partial charge in [0.1, 0.15) is 12.4 Å². The molecule has 196 valence electrons. The number of fused-ring (bicyclic) bond motifs is 1. The van der Waals surface area contributed by atoms with Gasteiger partial charge in [-0.3, -0.25) is 9.69 Å². The number of carbonyl (C=O) groups is 1. The van der Waals surface area contributed by atoms with Crippen LogP contribution in [0.15, 0.2) is 72.8 Å². The molecule has 0 aliphatic carbocycles. The number of benzene rings is 3. The molecule has 0 N–H and O–H groups in total. The van der Waals surface area contributed by atoms with Gasteiger partial charge in [0.15, 0.2) is 0 Å². The number of ether oxygens (including phenoxy) is 2. The third-order valence-electron chi connectivity index (χ3n) is 6.62. The predicted octanol–water partition coefficient (Wildman–Crippen LogP) is 6.55. The van der Waals surface area contributed by atoms with Crippen molar-refractivity contribution in [3.8, 4) is 5.75 Å². The van der Waals surface area contributed by atoms with Crippen LogP contribution in [-0.2, 0) is 40.7 Å². The van der Waals surface area contributed by atoms with Gasteiger partial charge in [-0.15, -0.1) is 0 Å². The minimum atomic E-state index is -4.37. The number of hydrogen-bond donors (Lipinski definition) is 0. The zero-order valence-electron chi connectivity index (χ0n) is 21.2. The van der Waals surface area contributed by atoms with Crippen molar-refractivity contribution in [2.45, 2.75) is 51.4 Å². The number of cyclic esters (lactones) is 1. The van der Waals surface area contributed by atoms with Crippen LogP contribution >= 0.6 is 0 Å². The van der Waals surface area contributed by atoms with Crippen LogP contribution < -0.4 is 4.74 Å². The lowest BCUT2D eigenvalue weighted by atomic mass is 9.84. The second kappa shape index (κ2) is 11.4.